The molecule has 0 aliphatic carbocycles. The number of halogens is 3. The number of aromatic nitrogens is 2. The molecular formula is C14H14F3N3O2. The van der Waals surface area contributed by atoms with Gasteiger partial charge in [0.2, 0.25) is 5.91 Å². The summed E-state index contributed by atoms with van der Waals surface area (Å²) < 4.78 is 41.9. The number of amides is 1. The van der Waals surface area contributed by atoms with Crippen LogP contribution in [0, 0.1) is 0 Å². The van der Waals surface area contributed by atoms with E-state index in [1.807, 2.05) is 17.7 Å². The minimum atomic E-state index is -4.45. The summed E-state index contributed by atoms with van der Waals surface area (Å²) in [6.45, 7) is -2.11. The van der Waals surface area contributed by atoms with Crippen LogP contribution in [-0.4, -0.2) is 34.8 Å². The highest BCUT2D eigenvalue weighted by Crippen LogP contribution is 2.20. The van der Waals surface area contributed by atoms with Gasteiger partial charge in [0.1, 0.15) is 19.0 Å². The Morgan fingerprint density at radius 3 is 2.82 bits per heavy atom. The molecule has 0 bridgehead atoms. The molecule has 2 rings (SSSR count). The molecule has 0 saturated heterocycles. The normalized spacial score (nSPS) is 11.5. The second kappa shape index (κ2) is 6.61. The van der Waals surface area contributed by atoms with Crippen molar-refractivity contribution in [2.24, 2.45) is 7.05 Å². The van der Waals surface area contributed by atoms with Crippen molar-refractivity contribution in [2.75, 3.05) is 18.5 Å². The maximum absolute atomic E-state index is 11.9. The zero-order valence-electron chi connectivity index (χ0n) is 11.7. The third kappa shape index (κ3) is 4.59. The minimum absolute atomic E-state index is 0.459. The van der Waals surface area contributed by atoms with E-state index in [9.17, 15) is 18.0 Å². The quantitative estimate of drug-likeness (QED) is 0.923. The highest BCUT2D eigenvalue weighted by molar-refractivity contribution is 5.92. The van der Waals surface area contributed by atoms with Gasteiger partial charge in [-0.3, -0.25) is 4.79 Å². The summed E-state index contributed by atoms with van der Waals surface area (Å²) in [6, 6.07) is 6.85. The summed E-state index contributed by atoms with van der Waals surface area (Å²) in [5.74, 6) is 0.0608. The molecular weight excluding hydrogens is 299 g/mol. The first-order chi connectivity index (χ1) is 10.3. The fraction of sp³-hybridized carbons (Fsp3) is 0.286. The van der Waals surface area contributed by atoms with E-state index in [2.05, 4.69) is 15.0 Å². The van der Waals surface area contributed by atoms with Gasteiger partial charge in [0.25, 0.3) is 0 Å². The largest absolute Gasteiger partial charge is 0.411 e. The molecule has 0 unspecified atom stereocenters. The number of ether oxygens (including phenoxy) is 1. The molecule has 1 amide bonds. The van der Waals surface area contributed by atoms with Crippen molar-refractivity contribution in [3.8, 4) is 11.4 Å². The fourth-order valence-electron chi connectivity index (χ4n) is 1.84. The predicted molar refractivity (Wildman–Crippen MR) is 74.1 cm³/mol. The van der Waals surface area contributed by atoms with Crippen molar-refractivity contribution >= 4 is 11.6 Å². The standard InChI is InChI=1S/C14H14F3N3O2/c1-20-6-5-18-13(20)10-3-2-4-11(7-10)19-12(21)8-22-9-14(15,16)17/h2-7H,8-9H2,1H3,(H,19,21). The molecule has 2 aromatic rings. The number of alkyl halides is 3. The van der Waals surface area contributed by atoms with E-state index in [4.69, 9.17) is 0 Å². The molecule has 0 atom stereocenters. The van der Waals surface area contributed by atoms with E-state index in [1.165, 1.54) is 0 Å². The van der Waals surface area contributed by atoms with Crippen molar-refractivity contribution in [1.82, 2.24) is 9.55 Å². The van der Waals surface area contributed by atoms with Crippen LogP contribution in [0.25, 0.3) is 11.4 Å². The molecule has 5 nitrogen and oxygen atoms in total. The van der Waals surface area contributed by atoms with Gasteiger partial charge < -0.3 is 14.6 Å². The highest BCUT2D eigenvalue weighted by Gasteiger charge is 2.27. The van der Waals surface area contributed by atoms with Crippen LogP contribution >= 0.6 is 0 Å². The van der Waals surface area contributed by atoms with Crippen LogP contribution in [0.1, 0.15) is 0 Å². The van der Waals surface area contributed by atoms with Gasteiger partial charge in [-0.15, -0.1) is 0 Å². The molecule has 0 spiro atoms. The zero-order valence-corrected chi connectivity index (χ0v) is 11.7. The van der Waals surface area contributed by atoms with Crippen LogP contribution in [0.3, 0.4) is 0 Å². The molecule has 0 radical (unpaired) electrons. The molecule has 0 aliphatic rings. The highest BCUT2D eigenvalue weighted by atomic mass is 19.4. The third-order valence-electron chi connectivity index (χ3n) is 2.72. The van der Waals surface area contributed by atoms with E-state index >= 15 is 0 Å². The van der Waals surface area contributed by atoms with Gasteiger partial charge in [0.05, 0.1) is 0 Å². The predicted octanol–water partition coefficient (Wildman–Crippen LogP) is 2.60. The Hall–Kier alpha value is -2.35. The Labute approximate surface area is 124 Å². The van der Waals surface area contributed by atoms with Gasteiger partial charge in [-0.05, 0) is 12.1 Å². The number of hydrogen-bond acceptors (Lipinski definition) is 3. The molecule has 118 valence electrons. The lowest BCUT2D eigenvalue weighted by atomic mass is 10.2. The molecule has 0 fully saturated rings. The van der Waals surface area contributed by atoms with Crippen LogP contribution in [0.4, 0.5) is 18.9 Å². The first-order valence-corrected chi connectivity index (χ1v) is 6.37. The van der Waals surface area contributed by atoms with Crippen molar-refractivity contribution in [3.63, 3.8) is 0 Å². The number of hydrogen-bond donors (Lipinski definition) is 1. The summed E-state index contributed by atoms with van der Waals surface area (Å²) in [5.41, 5.74) is 1.24. The SMILES string of the molecule is Cn1ccnc1-c1cccc(NC(=O)COCC(F)(F)F)c1. The number of benzene rings is 1. The minimum Gasteiger partial charge on any atom is -0.362 e. The van der Waals surface area contributed by atoms with Crippen LogP contribution in [-0.2, 0) is 16.6 Å². The average Bonchev–Trinajstić information content (AvgIpc) is 2.83. The Balaban J connectivity index is 1.96. The first-order valence-electron chi connectivity index (χ1n) is 6.37. The van der Waals surface area contributed by atoms with Crippen molar-refractivity contribution in [2.45, 2.75) is 6.18 Å². The first kappa shape index (κ1) is 16.0. The Morgan fingerprint density at radius 1 is 1.41 bits per heavy atom. The number of nitrogens with zero attached hydrogens (tertiary/aromatic N) is 2. The van der Waals surface area contributed by atoms with Gasteiger partial charge in [-0.1, -0.05) is 12.1 Å². The number of imidazole rings is 1. The summed E-state index contributed by atoms with van der Waals surface area (Å²) in [6.07, 6.45) is -1.02. The van der Waals surface area contributed by atoms with Crippen molar-refractivity contribution in [1.29, 1.82) is 0 Å². The third-order valence-corrected chi connectivity index (χ3v) is 2.72. The van der Waals surface area contributed by atoms with E-state index in [-0.39, 0.29) is 0 Å². The zero-order chi connectivity index (χ0) is 16.2. The monoisotopic (exact) mass is 313 g/mol. The summed E-state index contributed by atoms with van der Waals surface area (Å²) >= 11 is 0. The van der Waals surface area contributed by atoms with Crippen LogP contribution in [0.15, 0.2) is 36.7 Å². The molecule has 1 aromatic carbocycles. The number of rotatable bonds is 5. The molecule has 0 aliphatic heterocycles. The molecule has 0 saturated carbocycles. The Kier molecular flexibility index (Phi) is 4.81. The Bertz CT molecular complexity index is 653. The summed E-state index contributed by atoms with van der Waals surface area (Å²) in [5, 5.41) is 2.48. The average molecular weight is 313 g/mol. The number of carbonyl (C=O) groups is 1. The lowest BCUT2D eigenvalue weighted by Crippen LogP contribution is -2.23. The lowest BCUT2D eigenvalue weighted by molar-refractivity contribution is -0.174. The van der Waals surface area contributed by atoms with Crippen LogP contribution < -0.4 is 5.32 Å². The van der Waals surface area contributed by atoms with Gasteiger partial charge in [0.15, 0.2) is 0 Å². The summed E-state index contributed by atoms with van der Waals surface area (Å²) in [4.78, 5) is 15.7. The fourth-order valence-corrected chi connectivity index (χ4v) is 1.84. The maximum atomic E-state index is 11.9. The molecule has 1 aromatic heterocycles. The Morgan fingerprint density at radius 2 is 2.18 bits per heavy atom. The number of aryl methyl sites for hydroxylation is 1. The van der Waals surface area contributed by atoms with E-state index in [0.29, 0.717) is 11.5 Å². The van der Waals surface area contributed by atoms with Crippen LogP contribution in [0.2, 0.25) is 0 Å². The number of nitrogens with one attached hydrogen (secondary N) is 1. The smallest absolute Gasteiger partial charge is 0.362 e. The molecule has 22 heavy (non-hydrogen) atoms. The van der Waals surface area contributed by atoms with Gasteiger partial charge in [0, 0.05) is 30.7 Å². The van der Waals surface area contributed by atoms with Crippen molar-refractivity contribution < 1.29 is 22.7 Å². The van der Waals surface area contributed by atoms with E-state index < -0.39 is 25.3 Å². The maximum Gasteiger partial charge on any atom is 0.411 e. The number of carbonyl (C=O) groups excluding carboxylic acids is 1. The number of anilines is 1. The molecule has 1 heterocycles. The van der Waals surface area contributed by atoms with Gasteiger partial charge in [-0.25, -0.2) is 4.98 Å². The second-order valence-electron chi connectivity index (χ2n) is 4.60. The van der Waals surface area contributed by atoms with E-state index in [0.717, 1.165) is 5.56 Å². The van der Waals surface area contributed by atoms with Crippen LogP contribution in [0.5, 0.6) is 0 Å². The molecule has 8 heteroatoms. The molecule has 1 N–H and O–H groups in total. The van der Waals surface area contributed by atoms with Gasteiger partial charge in [-0.2, -0.15) is 13.2 Å². The summed E-state index contributed by atoms with van der Waals surface area (Å²) in [7, 11) is 1.83. The topological polar surface area (TPSA) is 56.2 Å². The second-order valence-corrected chi connectivity index (χ2v) is 4.60. The van der Waals surface area contributed by atoms with E-state index in [1.54, 1.807) is 30.6 Å². The van der Waals surface area contributed by atoms with Gasteiger partial charge >= 0.3 is 6.18 Å². The van der Waals surface area contributed by atoms with Crippen molar-refractivity contribution in [3.05, 3.63) is 36.7 Å². The lowest BCUT2D eigenvalue weighted by Gasteiger charge is -2.09.